The molecule has 0 fully saturated rings. The first-order chi connectivity index (χ1) is 8.90. The molecule has 0 spiro atoms. The predicted octanol–water partition coefficient (Wildman–Crippen LogP) is 4.39. The number of aryl methyl sites for hydroxylation is 2. The number of halogens is 3. The number of rotatable bonds is 2. The van der Waals surface area contributed by atoms with Gasteiger partial charge in [0.15, 0.2) is 6.20 Å². The van der Waals surface area contributed by atoms with E-state index in [0.29, 0.717) is 31.8 Å². The maximum absolute atomic E-state index is 13.2. The molecule has 0 aliphatic heterocycles. The van der Waals surface area contributed by atoms with Crippen molar-refractivity contribution in [1.82, 2.24) is 0 Å². The zero-order valence-corrected chi connectivity index (χ0v) is 13.4. The third kappa shape index (κ3) is 2.90. The second-order valence-corrected chi connectivity index (χ2v) is 5.69. The molecule has 1 heterocycles. The van der Waals surface area contributed by atoms with Gasteiger partial charge in [-0.05, 0) is 53.0 Å². The number of hydrogen-bond donors (Lipinski definition) is 0. The van der Waals surface area contributed by atoms with Crippen molar-refractivity contribution in [2.24, 2.45) is 0 Å². The first-order valence-corrected chi connectivity index (χ1v) is 7.00. The van der Waals surface area contributed by atoms with Crippen molar-refractivity contribution in [3.8, 4) is 11.5 Å². The summed E-state index contributed by atoms with van der Waals surface area (Å²) in [6.07, 6.45) is 1.35. The van der Waals surface area contributed by atoms with Gasteiger partial charge >= 0.3 is 4.60 Å². The van der Waals surface area contributed by atoms with E-state index in [2.05, 4.69) is 31.9 Å². The molecule has 0 bridgehead atoms. The molecule has 0 saturated carbocycles. The Kier molecular flexibility index (Phi) is 4.10. The Bertz CT molecular complexity index is 624. The molecule has 19 heavy (non-hydrogen) atoms. The predicted molar refractivity (Wildman–Crippen MR) is 76.8 cm³/mol. The van der Waals surface area contributed by atoms with Crippen molar-refractivity contribution in [3.63, 3.8) is 0 Å². The minimum Gasteiger partial charge on any atom is -0.618 e. The molecule has 2 rings (SSSR count). The summed E-state index contributed by atoms with van der Waals surface area (Å²) in [4.78, 5) is 0. The normalized spacial score (nSPS) is 10.6. The van der Waals surface area contributed by atoms with Crippen LogP contribution in [0.5, 0.6) is 11.5 Å². The molecule has 2 aromatic rings. The first kappa shape index (κ1) is 14.3. The van der Waals surface area contributed by atoms with Gasteiger partial charge in [0, 0.05) is 22.0 Å². The highest BCUT2D eigenvalue weighted by Gasteiger charge is 2.18. The van der Waals surface area contributed by atoms with Gasteiger partial charge in [-0.15, -0.1) is 0 Å². The van der Waals surface area contributed by atoms with Crippen molar-refractivity contribution < 1.29 is 13.9 Å². The molecule has 0 aliphatic rings. The standard InChI is InChI=1S/C13H10Br2FNO2/c1-7-5-9(16)6-8(2)11(7)19-12-10(14)3-4-17(18)13(12)15/h3-6H,1-2H3. The van der Waals surface area contributed by atoms with E-state index < -0.39 is 0 Å². The van der Waals surface area contributed by atoms with Crippen LogP contribution >= 0.6 is 31.9 Å². The Hall–Kier alpha value is -1.14. The largest absolute Gasteiger partial charge is 0.618 e. The van der Waals surface area contributed by atoms with Gasteiger partial charge in [-0.2, -0.15) is 4.73 Å². The zero-order chi connectivity index (χ0) is 14.2. The van der Waals surface area contributed by atoms with E-state index in [1.807, 2.05) is 0 Å². The van der Waals surface area contributed by atoms with E-state index in [1.165, 1.54) is 18.3 Å². The number of hydrogen-bond acceptors (Lipinski definition) is 2. The SMILES string of the molecule is Cc1cc(F)cc(C)c1Oc1c(Br)cc[n+]([O-])c1Br. The fourth-order valence-corrected chi connectivity index (χ4v) is 2.79. The third-order valence-corrected chi connectivity index (χ3v) is 3.92. The molecule has 0 N–H and O–H groups in total. The molecule has 0 radical (unpaired) electrons. The molecule has 0 unspecified atom stereocenters. The highest BCUT2D eigenvalue weighted by Crippen LogP contribution is 2.37. The van der Waals surface area contributed by atoms with Crippen molar-refractivity contribution >= 4 is 31.9 Å². The lowest BCUT2D eigenvalue weighted by Gasteiger charge is -2.13. The second-order valence-electron chi connectivity index (χ2n) is 4.08. The van der Waals surface area contributed by atoms with Crippen LogP contribution in [0, 0.1) is 24.9 Å². The van der Waals surface area contributed by atoms with E-state index in [9.17, 15) is 9.60 Å². The van der Waals surface area contributed by atoms with Crippen LogP contribution in [0.15, 0.2) is 33.5 Å². The summed E-state index contributed by atoms with van der Waals surface area (Å²) < 4.78 is 20.5. The van der Waals surface area contributed by atoms with E-state index in [1.54, 1.807) is 19.9 Å². The lowest BCUT2D eigenvalue weighted by Crippen LogP contribution is -2.27. The van der Waals surface area contributed by atoms with Gasteiger partial charge in [0.1, 0.15) is 11.6 Å². The number of aromatic nitrogens is 1. The number of pyridine rings is 1. The maximum Gasteiger partial charge on any atom is 0.303 e. The van der Waals surface area contributed by atoms with Crippen molar-refractivity contribution in [2.45, 2.75) is 13.8 Å². The highest BCUT2D eigenvalue weighted by atomic mass is 79.9. The van der Waals surface area contributed by atoms with Crippen molar-refractivity contribution in [1.29, 1.82) is 0 Å². The van der Waals surface area contributed by atoms with Crippen LogP contribution in [0.4, 0.5) is 4.39 Å². The van der Waals surface area contributed by atoms with Gasteiger partial charge in [-0.3, -0.25) is 0 Å². The first-order valence-electron chi connectivity index (χ1n) is 5.42. The Balaban J connectivity index is 2.51. The monoisotopic (exact) mass is 389 g/mol. The molecule has 6 heteroatoms. The van der Waals surface area contributed by atoms with Crippen molar-refractivity contribution in [3.05, 3.63) is 55.6 Å². The fraction of sp³-hybridized carbons (Fsp3) is 0.154. The zero-order valence-electron chi connectivity index (χ0n) is 10.2. The van der Waals surface area contributed by atoms with Crippen LogP contribution in [0.25, 0.3) is 0 Å². The van der Waals surface area contributed by atoms with Crippen LogP contribution < -0.4 is 9.47 Å². The van der Waals surface area contributed by atoms with Crippen LogP contribution in [0.2, 0.25) is 0 Å². The van der Waals surface area contributed by atoms with Crippen LogP contribution in [-0.4, -0.2) is 0 Å². The molecular formula is C13H10Br2FNO2. The molecule has 100 valence electrons. The van der Waals surface area contributed by atoms with Gasteiger partial charge in [0.25, 0.3) is 0 Å². The molecule has 1 aromatic carbocycles. The van der Waals surface area contributed by atoms with E-state index >= 15 is 0 Å². The number of benzene rings is 1. The average molecular weight is 391 g/mol. The summed E-state index contributed by atoms with van der Waals surface area (Å²) in [5.41, 5.74) is 1.33. The summed E-state index contributed by atoms with van der Waals surface area (Å²) in [5.74, 6) is 0.580. The average Bonchev–Trinajstić information content (AvgIpc) is 2.32. The van der Waals surface area contributed by atoms with Gasteiger partial charge in [0.05, 0.1) is 4.47 Å². The molecule has 0 atom stereocenters. The topological polar surface area (TPSA) is 36.2 Å². The Labute approximate surface area is 126 Å². The number of ether oxygens (including phenoxy) is 1. The Morgan fingerprint density at radius 3 is 2.32 bits per heavy atom. The van der Waals surface area contributed by atoms with Gasteiger partial charge in [-0.1, -0.05) is 0 Å². The minimum atomic E-state index is -0.313. The summed E-state index contributed by atoms with van der Waals surface area (Å²) in [6, 6.07) is 4.36. The van der Waals surface area contributed by atoms with Crippen LogP contribution in [0.3, 0.4) is 0 Å². The third-order valence-electron chi connectivity index (χ3n) is 2.58. The van der Waals surface area contributed by atoms with Crippen molar-refractivity contribution in [2.75, 3.05) is 0 Å². The summed E-state index contributed by atoms with van der Waals surface area (Å²) >= 11 is 6.49. The highest BCUT2D eigenvalue weighted by molar-refractivity contribution is 9.11. The Morgan fingerprint density at radius 2 is 1.74 bits per heavy atom. The van der Waals surface area contributed by atoms with Gasteiger partial charge in [0.2, 0.25) is 5.75 Å². The molecular weight excluding hydrogens is 381 g/mol. The van der Waals surface area contributed by atoms with Gasteiger partial charge in [-0.25, -0.2) is 4.39 Å². The molecule has 0 aliphatic carbocycles. The smallest absolute Gasteiger partial charge is 0.303 e. The minimum absolute atomic E-state index is 0.255. The quantitative estimate of drug-likeness (QED) is 0.433. The van der Waals surface area contributed by atoms with E-state index in [-0.39, 0.29) is 10.4 Å². The summed E-state index contributed by atoms with van der Waals surface area (Å²) in [6.45, 7) is 3.50. The van der Waals surface area contributed by atoms with E-state index in [0.717, 1.165) is 0 Å². The molecule has 0 amide bonds. The molecule has 0 saturated heterocycles. The van der Waals surface area contributed by atoms with E-state index in [4.69, 9.17) is 4.74 Å². The molecule has 3 nitrogen and oxygen atoms in total. The summed E-state index contributed by atoms with van der Waals surface area (Å²) in [5, 5.41) is 11.5. The Morgan fingerprint density at radius 1 is 1.16 bits per heavy atom. The van der Waals surface area contributed by atoms with Gasteiger partial charge < -0.3 is 9.94 Å². The second kappa shape index (κ2) is 5.46. The summed E-state index contributed by atoms with van der Waals surface area (Å²) in [7, 11) is 0. The number of nitrogens with zero attached hydrogens (tertiary/aromatic N) is 1. The fourth-order valence-electron chi connectivity index (χ4n) is 1.72. The lowest BCUT2D eigenvalue weighted by molar-refractivity contribution is -0.617. The maximum atomic E-state index is 13.2. The van der Waals surface area contributed by atoms with Crippen LogP contribution in [-0.2, 0) is 0 Å². The van der Waals surface area contributed by atoms with Crippen LogP contribution in [0.1, 0.15) is 11.1 Å². The lowest BCUT2D eigenvalue weighted by atomic mass is 10.1. The molecule has 1 aromatic heterocycles.